The number of hydrogen-bond acceptors (Lipinski definition) is 2. The zero-order chi connectivity index (χ0) is 11.4. The zero-order valence-electron chi connectivity index (χ0n) is 9.11. The summed E-state index contributed by atoms with van der Waals surface area (Å²) >= 11 is 0. The Morgan fingerprint density at radius 3 is 2.38 bits per heavy atom. The zero-order valence-corrected chi connectivity index (χ0v) is 9.11. The van der Waals surface area contributed by atoms with Crippen LogP contribution in [-0.4, -0.2) is 12.6 Å². The van der Waals surface area contributed by atoms with Crippen molar-refractivity contribution in [2.45, 2.75) is 12.8 Å². The Balaban J connectivity index is 2.10. The van der Waals surface area contributed by atoms with Gasteiger partial charge in [-0.1, -0.05) is 43.0 Å². The van der Waals surface area contributed by atoms with Crippen molar-refractivity contribution < 1.29 is 9.53 Å². The molecular formula is C14H14O2. The molecule has 0 aliphatic carbocycles. The number of cyclic esters (lactones) is 1. The molecule has 82 valence electrons. The smallest absolute Gasteiger partial charge is 0.306 e. The lowest BCUT2D eigenvalue weighted by Crippen LogP contribution is -2.14. The maximum atomic E-state index is 10.9. The minimum atomic E-state index is -0.0980. The summed E-state index contributed by atoms with van der Waals surface area (Å²) in [5.41, 5.74) is 3.42. The first-order chi connectivity index (χ1) is 7.78. The van der Waals surface area contributed by atoms with Crippen LogP contribution in [0.2, 0.25) is 0 Å². The van der Waals surface area contributed by atoms with Gasteiger partial charge in [0.15, 0.2) is 0 Å². The van der Waals surface area contributed by atoms with Gasteiger partial charge in [0.2, 0.25) is 0 Å². The van der Waals surface area contributed by atoms with Crippen LogP contribution in [0.4, 0.5) is 0 Å². The lowest BCUT2D eigenvalue weighted by Gasteiger charge is -2.14. The molecule has 1 aliphatic rings. The van der Waals surface area contributed by atoms with Crippen LogP contribution in [0.3, 0.4) is 0 Å². The van der Waals surface area contributed by atoms with Gasteiger partial charge in [0, 0.05) is 6.42 Å². The number of esters is 1. The highest BCUT2D eigenvalue weighted by atomic mass is 16.5. The second kappa shape index (κ2) is 4.79. The molecule has 2 nitrogen and oxygen atoms in total. The van der Waals surface area contributed by atoms with E-state index in [0.717, 1.165) is 17.5 Å². The molecule has 1 heterocycles. The molecule has 1 aromatic rings. The molecule has 0 atom stereocenters. The molecule has 2 rings (SSSR count). The summed E-state index contributed by atoms with van der Waals surface area (Å²) in [6.07, 6.45) is 5.21. The summed E-state index contributed by atoms with van der Waals surface area (Å²) in [7, 11) is 0. The Kier molecular flexibility index (Phi) is 3.20. The first-order valence-corrected chi connectivity index (χ1v) is 5.35. The van der Waals surface area contributed by atoms with E-state index in [1.54, 1.807) is 0 Å². The normalized spacial score (nSPS) is 18.2. The predicted octanol–water partition coefficient (Wildman–Crippen LogP) is 3.05. The Labute approximate surface area is 95.2 Å². The molecule has 0 N–H and O–H groups in total. The van der Waals surface area contributed by atoms with Crippen LogP contribution < -0.4 is 0 Å². The number of carbonyl (C=O) groups excluding carboxylic acids is 1. The Hall–Kier alpha value is -1.83. The highest BCUT2D eigenvalue weighted by Gasteiger charge is 2.12. The van der Waals surface area contributed by atoms with Crippen LogP contribution in [-0.2, 0) is 9.53 Å². The van der Waals surface area contributed by atoms with Gasteiger partial charge in [-0.15, -0.1) is 0 Å². The minimum Gasteiger partial charge on any atom is -0.461 e. The lowest BCUT2D eigenvalue weighted by atomic mass is 10.0. The highest BCUT2D eigenvalue weighted by Crippen LogP contribution is 2.17. The number of hydrogen-bond donors (Lipinski definition) is 0. The third kappa shape index (κ3) is 2.60. The van der Waals surface area contributed by atoms with E-state index in [1.807, 2.05) is 30.3 Å². The molecule has 0 aromatic heterocycles. The van der Waals surface area contributed by atoms with E-state index < -0.39 is 0 Å². The summed E-state index contributed by atoms with van der Waals surface area (Å²) in [6.45, 7) is 4.14. The van der Waals surface area contributed by atoms with Crippen molar-refractivity contribution in [1.82, 2.24) is 0 Å². The SMILES string of the molecule is C=Cc1ccc(C=C2CCC(=O)OC2)cc1. The number of rotatable bonds is 2. The van der Waals surface area contributed by atoms with E-state index in [0.29, 0.717) is 13.0 Å². The molecule has 1 saturated heterocycles. The lowest BCUT2D eigenvalue weighted by molar-refractivity contribution is -0.144. The summed E-state index contributed by atoms with van der Waals surface area (Å²) in [5, 5.41) is 0. The van der Waals surface area contributed by atoms with Crippen molar-refractivity contribution in [3.8, 4) is 0 Å². The number of carbonyl (C=O) groups is 1. The van der Waals surface area contributed by atoms with Crippen molar-refractivity contribution in [2.75, 3.05) is 6.61 Å². The van der Waals surface area contributed by atoms with Crippen molar-refractivity contribution >= 4 is 18.1 Å². The van der Waals surface area contributed by atoms with E-state index in [1.165, 1.54) is 5.57 Å². The molecule has 0 spiro atoms. The average Bonchev–Trinajstić information content (AvgIpc) is 2.33. The van der Waals surface area contributed by atoms with Crippen LogP contribution in [0.5, 0.6) is 0 Å². The molecule has 16 heavy (non-hydrogen) atoms. The fraction of sp³-hybridized carbons (Fsp3) is 0.214. The monoisotopic (exact) mass is 214 g/mol. The molecule has 0 amide bonds. The second-order valence-electron chi connectivity index (χ2n) is 3.83. The summed E-state index contributed by atoms with van der Waals surface area (Å²) in [5.74, 6) is -0.0980. The second-order valence-corrected chi connectivity index (χ2v) is 3.83. The standard InChI is InChI=1S/C14H14O2/c1-2-11-3-5-12(6-4-11)9-13-7-8-14(15)16-10-13/h2-6,9H,1,7-8,10H2. The van der Waals surface area contributed by atoms with Gasteiger partial charge >= 0.3 is 5.97 Å². The molecule has 0 saturated carbocycles. The van der Waals surface area contributed by atoms with E-state index in [-0.39, 0.29) is 5.97 Å². The summed E-state index contributed by atoms with van der Waals surface area (Å²) in [4.78, 5) is 10.9. The first kappa shape index (κ1) is 10.7. The van der Waals surface area contributed by atoms with E-state index in [2.05, 4.69) is 12.7 Å². The van der Waals surface area contributed by atoms with Gasteiger partial charge in [-0.25, -0.2) is 0 Å². The summed E-state index contributed by atoms with van der Waals surface area (Å²) < 4.78 is 4.98. The summed E-state index contributed by atoms with van der Waals surface area (Å²) in [6, 6.07) is 8.13. The maximum Gasteiger partial charge on any atom is 0.306 e. The Bertz CT molecular complexity index is 415. The van der Waals surface area contributed by atoms with Gasteiger partial charge in [-0.2, -0.15) is 0 Å². The first-order valence-electron chi connectivity index (χ1n) is 5.35. The third-order valence-corrected chi connectivity index (χ3v) is 2.61. The van der Waals surface area contributed by atoms with Crippen molar-refractivity contribution in [1.29, 1.82) is 0 Å². The van der Waals surface area contributed by atoms with Crippen molar-refractivity contribution in [3.63, 3.8) is 0 Å². The fourth-order valence-corrected chi connectivity index (χ4v) is 1.66. The van der Waals surface area contributed by atoms with Crippen molar-refractivity contribution in [2.24, 2.45) is 0 Å². The van der Waals surface area contributed by atoms with Gasteiger partial charge in [-0.3, -0.25) is 4.79 Å². The number of benzene rings is 1. The van der Waals surface area contributed by atoms with Gasteiger partial charge in [0.1, 0.15) is 6.61 Å². The quantitative estimate of drug-likeness (QED) is 0.707. The van der Waals surface area contributed by atoms with Gasteiger partial charge in [0.05, 0.1) is 0 Å². The highest BCUT2D eigenvalue weighted by molar-refractivity contribution is 5.72. The van der Waals surface area contributed by atoms with Gasteiger partial charge in [0.25, 0.3) is 0 Å². The molecular weight excluding hydrogens is 200 g/mol. The molecule has 0 bridgehead atoms. The molecule has 1 fully saturated rings. The topological polar surface area (TPSA) is 26.3 Å². The van der Waals surface area contributed by atoms with E-state index in [4.69, 9.17) is 4.74 Å². The Morgan fingerprint density at radius 1 is 1.12 bits per heavy atom. The van der Waals surface area contributed by atoms with Crippen LogP contribution in [0.25, 0.3) is 12.2 Å². The molecule has 1 aromatic carbocycles. The minimum absolute atomic E-state index is 0.0980. The largest absolute Gasteiger partial charge is 0.461 e. The average molecular weight is 214 g/mol. The molecule has 2 heteroatoms. The predicted molar refractivity (Wildman–Crippen MR) is 64.7 cm³/mol. The van der Waals surface area contributed by atoms with Crippen LogP contribution in [0.15, 0.2) is 36.4 Å². The Morgan fingerprint density at radius 2 is 1.81 bits per heavy atom. The van der Waals surface area contributed by atoms with E-state index >= 15 is 0 Å². The number of ether oxygens (including phenoxy) is 1. The molecule has 0 unspecified atom stereocenters. The third-order valence-electron chi connectivity index (χ3n) is 2.61. The molecule has 1 aliphatic heterocycles. The molecule has 0 radical (unpaired) electrons. The van der Waals surface area contributed by atoms with Crippen molar-refractivity contribution in [3.05, 3.63) is 47.5 Å². The van der Waals surface area contributed by atoms with Gasteiger partial charge < -0.3 is 4.74 Å². The maximum absolute atomic E-state index is 10.9. The van der Waals surface area contributed by atoms with Crippen LogP contribution in [0.1, 0.15) is 24.0 Å². The van der Waals surface area contributed by atoms with Crippen LogP contribution >= 0.6 is 0 Å². The van der Waals surface area contributed by atoms with Crippen LogP contribution in [0, 0.1) is 0 Å². The van der Waals surface area contributed by atoms with E-state index in [9.17, 15) is 4.79 Å². The van der Waals surface area contributed by atoms with Gasteiger partial charge in [-0.05, 0) is 23.1 Å². The fourth-order valence-electron chi connectivity index (χ4n) is 1.66.